The smallest absolute Gasteiger partial charge is 0.178 e. The van der Waals surface area contributed by atoms with E-state index in [4.69, 9.17) is 0 Å². The number of phenols is 1. The van der Waals surface area contributed by atoms with Gasteiger partial charge in [0.2, 0.25) is 0 Å². The molecule has 3 rings (SSSR count). The van der Waals surface area contributed by atoms with Crippen LogP contribution in [0.2, 0.25) is 0 Å². The first-order valence-electron chi connectivity index (χ1n) is 5.74. The summed E-state index contributed by atoms with van der Waals surface area (Å²) < 4.78 is 2.02. The molecule has 0 saturated carbocycles. The lowest BCUT2D eigenvalue weighted by Gasteiger charge is -2.06. The Morgan fingerprint density at radius 3 is 2.78 bits per heavy atom. The zero-order valence-corrected chi connectivity index (χ0v) is 10.3. The second-order valence-corrected chi connectivity index (χ2v) is 4.34. The van der Waals surface area contributed by atoms with Crippen molar-refractivity contribution in [2.75, 3.05) is 0 Å². The number of pyridine rings is 1. The molecule has 0 fully saturated rings. The molecule has 1 aromatic carbocycles. The number of hydrogen-bond acceptors (Lipinski definition) is 3. The number of phenolic OH excluding ortho intramolecular Hbond substituents is 1. The predicted octanol–water partition coefficient (Wildman–Crippen LogP) is 2.65. The summed E-state index contributed by atoms with van der Waals surface area (Å²) in [4.78, 5) is 8.80. The van der Waals surface area contributed by atoms with Crippen molar-refractivity contribution >= 4 is 11.2 Å². The van der Waals surface area contributed by atoms with Crippen LogP contribution >= 0.6 is 0 Å². The quantitative estimate of drug-likeness (QED) is 0.710. The minimum absolute atomic E-state index is 0.271. The maximum Gasteiger partial charge on any atom is 0.178 e. The monoisotopic (exact) mass is 239 g/mol. The molecule has 0 atom stereocenters. The first kappa shape index (κ1) is 10.8. The third-order valence-corrected chi connectivity index (χ3v) is 3.11. The normalized spacial score (nSPS) is 11.0. The Bertz CT molecular complexity index is 731. The first-order chi connectivity index (χ1) is 8.66. The van der Waals surface area contributed by atoms with Gasteiger partial charge in [0, 0.05) is 18.8 Å². The molecule has 90 valence electrons. The van der Waals surface area contributed by atoms with Crippen molar-refractivity contribution in [3.8, 4) is 17.1 Å². The standard InChI is InChI=1S/C14H13N3O/c1-9-8-10(18)5-6-11(9)14-16-13-12(17(14)2)4-3-7-15-13/h3-8,18H,1-2H3. The molecule has 0 aliphatic heterocycles. The number of benzene rings is 1. The third-order valence-electron chi connectivity index (χ3n) is 3.11. The van der Waals surface area contributed by atoms with Crippen LogP contribution in [0.5, 0.6) is 5.75 Å². The lowest BCUT2D eigenvalue weighted by atomic mass is 10.1. The highest BCUT2D eigenvalue weighted by Gasteiger charge is 2.12. The van der Waals surface area contributed by atoms with Crippen LogP contribution in [0.25, 0.3) is 22.6 Å². The maximum atomic E-state index is 9.45. The first-order valence-corrected chi connectivity index (χ1v) is 5.74. The molecule has 0 aliphatic carbocycles. The molecule has 2 heterocycles. The fraction of sp³-hybridized carbons (Fsp3) is 0.143. The van der Waals surface area contributed by atoms with E-state index in [2.05, 4.69) is 9.97 Å². The number of hydrogen-bond donors (Lipinski definition) is 1. The Morgan fingerprint density at radius 2 is 2.06 bits per heavy atom. The molecule has 0 unspecified atom stereocenters. The second-order valence-electron chi connectivity index (χ2n) is 4.34. The van der Waals surface area contributed by atoms with Gasteiger partial charge in [0.15, 0.2) is 5.65 Å². The molecule has 1 N–H and O–H groups in total. The highest BCUT2D eigenvalue weighted by Crippen LogP contribution is 2.27. The Balaban J connectivity index is 2.28. The van der Waals surface area contributed by atoms with Crippen LogP contribution in [0, 0.1) is 6.92 Å². The lowest BCUT2D eigenvalue weighted by Crippen LogP contribution is -1.94. The summed E-state index contributed by atoms with van der Waals surface area (Å²) in [6, 6.07) is 9.19. The Kier molecular flexibility index (Phi) is 2.30. The molecular formula is C14H13N3O. The topological polar surface area (TPSA) is 50.9 Å². The number of fused-ring (bicyclic) bond motifs is 1. The van der Waals surface area contributed by atoms with E-state index in [1.807, 2.05) is 36.7 Å². The zero-order valence-electron chi connectivity index (χ0n) is 10.3. The summed E-state index contributed by atoms with van der Waals surface area (Å²) in [5, 5.41) is 9.45. The van der Waals surface area contributed by atoms with Gasteiger partial charge in [0.25, 0.3) is 0 Å². The molecule has 4 heteroatoms. The summed E-state index contributed by atoms with van der Waals surface area (Å²) in [6.07, 6.45) is 1.74. The summed E-state index contributed by atoms with van der Waals surface area (Å²) >= 11 is 0. The van der Waals surface area contributed by atoms with Gasteiger partial charge in [-0.3, -0.25) is 0 Å². The van der Waals surface area contributed by atoms with Crippen molar-refractivity contribution in [3.63, 3.8) is 0 Å². The van der Waals surface area contributed by atoms with Crippen LogP contribution in [0.3, 0.4) is 0 Å². The fourth-order valence-corrected chi connectivity index (χ4v) is 2.17. The van der Waals surface area contributed by atoms with Gasteiger partial charge < -0.3 is 9.67 Å². The largest absolute Gasteiger partial charge is 0.508 e. The molecule has 2 aromatic heterocycles. The van der Waals surface area contributed by atoms with Crippen molar-refractivity contribution in [1.29, 1.82) is 0 Å². The van der Waals surface area contributed by atoms with E-state index in [1.165, 1.54) is 0 Å². The summed E-state index contributed by atoms with van der Waals surface area (Å²) in [7, 11) is 1.97. The van der Waals surface area contributed by atoms with Crippen LogP contribution in [0.4, 0.5) is 0 Å². The Morgan fingerprint density at radius 1 is 1.22 bits per heavy atom. The summed E-state index contributed by atoms with van der Waals surface area (Å²) in [5.41, 5.74) is 3.74. The summed E-state index contributed by atoms with van der Waals surface area (Å²) in [6.45, 7) is 1.96. The van der Waals surface area contributed by atoms with Gasteiger partial charge in [0.1, 0.15) is 11.6 Å². The van der Waals surface area contributed by atoms with Gasteiger partial charge in [-0.2, -0.15) is 0 Å². The predicted molar refractivity (Wildman–Crippen MR) is 70.3 cm³/mol. The van der Waals surface area contributed by atoms with E-state index in [0.29, 0.717) is 0 Å². The highest BCUT2D eigenvalue weighted by atomic mass is 16.3. The molecule has 3 aromatic rings. The minimum atomic E-state index is 0.271. The zero-order chi connectivity index (χ0) is 12.7. The number of rotatable bonds is 1. The molecule has 0 radical (unpaired) electrons. The van der Waals surface area contributed by atoms with Gasteiger partial charge >= 0.3 is 0 Å². The lowest BCUT2D eigenvalue weighted by molar-refractivity contribution is 0.475. The summed E-state index contributed by atoms with van der Waals surface area (Å²) in [5.74, 6) is 1.13. The molecule has 4 nitrogen and oxygen atoms in total. The average molecular weight is 239 g/mol. The van der Waals surface area contributed by atoms with Gasteiger partial charge in [-0.25, -0.2) is 9.97 Å². The van der Waals surface area contributed by atoms with Crippen LogP contribution < -0.4 is 0 Å². The number of aromatic hydroxyl groups is 1. The highest BCUT2D eigenvalue weighted by molar-refractivity contribution is 5.78. The molecule has 18 heavy (non-hydrogen) atoms. The van der Waals surface area contributed by atoms with Gasteiger partial charge in [-0.1, -0.05) is 0 Å². The van der Waals surface area contributed by atoms with Crippen molar-refractivity contribution in [2.45, 2.75) is 6.92 Å². The van der Waals surface area contributed by atoms with Gasteiger partial charge in [-0.15, -0.1) is 0 Å². The van der Waals surface area contributed by atoms with Crippen LogP contribution in [-0.4, -0.2) is 19.6 Å². The van der Waals surface area contributed by atoms with E-state index in [9.17, 15) is 5.11 Å². The van der Waals surface area contributed by atoms with Crippen molar-refractivity contribution < 1.29 is 5.11 Å². The Hall–Kier alpha value is -2.36. The molecule has 0 amide bonds. The Labute approximate surface area is 105 Å². The third kappa shape index (κ3) is 1.54. The van der Waals surface area contributed by atoms with E-state index in [-0.39, 0.29) is 5.75 Å². The van der Waals surface area contributed by atoms with Gasteiger partial charge in [0.05, 0.1) is 5.52 Å². The molecule has 0 saturated heterocycles. The minimum Gasteiger partial charge on any atom is -0.508 e. The van der Waals surface area contributed by atoms with Gasteiger partial charge in [-0.05, 0) is 42.8 Å². The number of aryl methyl sites for hydroxylation is 2. The van der Waals surface area contributed by atoms with E-state index in [1.54, 1.807) is 18.3 Å². The average Bonchev–Trinajstić information content (AvgIpc) is 2.68. The van der Waals surface area contributed by atoms with E-state index < -0.39 is 0 Å². The van der Waals surface area contributed by atoms with E-state index in [0.717, 1.165) is 28.1 Å². The van der Waals surface area contributed by atoms with Crippen LogP contribution in [0.15, 0.2) is 36.5 Å². The molecular weight excluding hydrogens is 226 g/mol. The van der Waals surface area contributed by atoms with Crippen molar-refractivity contribution in [3.05, 3.63) is 42.1 Å². The van der Waals surface area contributed by atoms with Crippen molar-refractivity contribution in [1.82, 2.24) is 14.5 Å². The maximum absolute atomic E-state index is 9.45. The molecule has 0 bridgehead atoms. The second kappa shape index (κ2) is 3.84. The van der Waals surface area contributed by atoms with E-state index >= 15 is 0 Å². The number of imidazole rings is 1. The number of aromatic nitrogens is 3. The SMILES string of the molecule is Cc1cc(O)ccc1-c1nc2ncccc2n1C. The molecule has 0 spiro atoms. The fourth-order valence-electron chi connectivity index (χ4n) is 2.17. The number of nitrogens with zero attached hydrogens (tertiary/aromatic N) is 3. The van der Waals surface area contributed by atoms with Crippen LogP contribution in [-0.2, 0) is 7.05 Å². The molecule has 0 aliphatic rings. The van der Waals surface area contributed by atoms with Crippen molar-refractivity contribution in [2.24, 2.45) is 7.05 Å². The van der Waals surface area contributed by atoms with Crippen LogP contribution in [0.1, 0.15) is 5.56 Å².